The Labute approximate surface area is 155 Å². The largest absolute Gasteiger partial charge is 0.444 e. The number of hydrogen-bond donors (Lipinski definition) is 4. The van der Waals surface area contributed by atoms with Gasteiger partial charge >= 0.3 is 11.0 Å². The molecule has 0 bridgehead atoms. The number of carbonyl (C=O) groups is 1. The molecule has 0 fully saturated rings. The van der Waals surface area contributed by atoms with Gasteiger partial charge in [-0.1, -0.05) is 35.6 Å². The molecule has 0 aliphatic carbocycles. The fraction of sp³-hybridized carbons (Fsp3) is 0.444. The van der Waals surface area contributed by atoms with Gasteiger partial charge in [-0.15, -0.1) is 0 Å². The molecule has 142 valence electrons. The van der Waals surface area contributed by atoms with Gasteiger partial charge in [0.2, 0.25) is 0 Å². The minimum Gasteiger partial charge on any atom is -0.444 e. The van der Waals surface area contributed by atoms with Crippen molar-refractivity contribution in [3.8, 4) is 11.3 Å². The van der Waals surface area contributed by atoms with E-state index in [9.17, 15) is 19.8 Å². The van der Waals surface area contributed by atoms with E-state index in [2.05, 4.69) is 10.3 Å². The van der Waals surface area contributed by atoms with E-state index in [0.717, 1.165) is 16.9 Å². The summed E-state index contributed by atoms with van der Waals surface area (Å²) in [5.74, 6) is 0. The van der Waals surface area contributed by atoms with E-state index in [1.165, 1.54) is 0 Å². The Kier molecular flexibility index (Phi) is 6.57. The molecule has 0 radical (unpaired) electrons. The summed E-state index contributed by atoms with van der Waals surface area (Å²) in [5.41, 5.74) is 1.50. The van der Waals surface area contributed by atoms with E-state index in [1.54, 1.807) is 50.4 Å². The summed E-state index contributed by atoms with van der Waals surface area (Å²) in [4.78, 5) is 25.3. The second kappa shape index (κ2) is 8.48. The van der Waals surface area contributed by atoms with Crippen LogP contribution in [-0.2, 0) is 4.74 Å². The van der Waals surface area contributed by atoms with E-state index < -0.39 is 23.9 Å². The monoisotopic (exact) mass is 380 g/mol. The first-order chi connectivity index (χ1) is 12.2. The van der Waals surface area contributed by atoms with Crippen LogP contribution in [-0.4, -0.2) is 39.5 Å². The first-order valence-corrected chi connectivity index (χ1v) is 9.15. The number of alkyl carbamates (subject to hydrolysis) is 1. The summed E-state index contributed by atoms with van der Waals surface area (Å²) in [6.45, 7) is 5.48. The van der Waals surface area contributed by atoms with Crippen LogP contribution in [0.4, 0.5) is 4.79 Å². The van der Waals surface area contributed by atoms with E-state index in [-0.39, 0.29) is 17.8 Å². The van der Waals surface area contributed by atoms with Crippen molar-refractivity contribution in [2.45, 2.75) is 45.0 Å². The zero-order valence-corrected chi connectivity index (χ0v) is 15.8. The van der Waals surface area contributed by atoms with Crippen molar-refractivity contribution in [3.05, 3.63) is 44.9 Å². The summed E-state index contributed by atoms with van der Waals surface area (Å²) in [6.07, 6.45) is -2.49. The highest BCUT2D eigenvalue weighted by Crippen LogP contribution is 2.23. The normalized spacial score (nSPS) is 13.9. The van der Waals surface area contributed by atoms with E-state index in [1.807, 2.05) is 0 Å². The summed E-state index contributed by atoms with van der Waals surface area (Å²) in [7, 11) is 0. The molecule has 2 aromatic rings. The fourth-order valence-electron chi connectivity index (χ4n) is 2.30. The third kappa shape index (κ3) is 5.98. The Morgan fingerprint density at radius 1 is 1.27 bits per heavy atom. The molecule has 1 aromatic carbocycles. The quantitative estimate of drug-likeness (QED) is 0.615. The van der Waals surface area contributed by atoms with Crippen LogP contribution in [0.2, 0.25) is 0 Å². The van der Waals surface area contributed by atoms with Crippen LogP contribution in [0, 0.1) is 0 Å². The van der Waals surface area contributed by atoms with E-state index >= 15 is 0 Å². The molecule has 0 saturated heterocycles. The SMILES string of the molecule is CC(C)(C)OC(=O)NCCC(O)C(O)c1ccc(-c2csc(=O)[nH]2)cc1. The van der Waals surface area contributed by atoms with Gasteiger partial charge < -0.3 is 25.3 Å². The molecule has 1 aromatic heterocycles. The summed E-state index contributed by atoms with van der Waals surface area (Å²) >= 11 is 1.08. The third-order valence-electron chi connectivity index (χ3n) is 3.56. The minimum absolute atomic E-state index is 0.128. The van der Waals surface area contributed by atoms with Crippen molar-refractivity contribution in [2.24, 2.45) is 0 Å². The van der Waals surface area contributed by atoms with Gasteiger partial charge in [0.05, 0.1) is 11.8 Å². The number of aromatic amines is 1. The number of carbonyl (C=O) groups excluding carboxylic acids is 1. The molecular weight excluding hydrogens is 356 g/mol. The Morgan fingerprint density at radius 2 is 1.92 bits per heavy atom. The van der Waals surface area contributed by atoms with Gasteiger partial charge in [0, 0.05) is 11.9 Å². The van der Waals surface area contributed by atoms with Gasteiger partial charge in [0.25, 0.3) is 0 Å². The standard InChI is InChI=1S/C18H24N2O5S/c1-18(2,3)25-16(23)19-9-8-14(21)15(22)12-6-4-11(5-7-12)13-10-26-17(24)20-13/h4-7,10,14-15,21-22H,8-9H2,1-3H3,(H,19,23)(H,20,24). The number of aromatic nitrogens is 1. The Hall–Kier alpha value is -2.16. The molecule has 0 aliphatic rings. The fourth-order valence-corrected chi connectivity index (χ4v) is 2.89. The molecule has 26 heavy (non-hydrogen) atoms. The summed E-state index contributed by atoms with van der Waals surface area (Å²) < 4.78 is 5.10. The van der Waals surface area contributed by atoms with Crippen molar-refractivity contribution < 1.29 is 19.7 Å². The second-order valence-electron chi connectivity index (χ2n) is 6.91. The highest BCUT2D eigenvalue weighted by molar-refractivity contribution is 7.07. The number of benzene rings is 1. The van der Waals surface area contributed by atoms with Gasteiger partial charge in [0.15, 0.2) is 0 Å². The highest BCUT2D eigenvalue weighted by Gasteiger charge is 2.20. The number of amides is 1. The third-order valence-corrected chi connectivity index (χ3v) is 4.23. The molecule has 8 heteroatoms. The molecule has 0 saturated carbocycles. The van der Waals surface area contributed by atoms with Crippen LogP contribution >= 0.6 is 11.3 Å². The van der Waals surface area contributed by atoms with E-state index in [4.69, 9.17) is 4.74 Å². The molecule has 2 rings (SSSR count). The average Bonchev–Trinajstić information content (AvgIpc) is 2.99. The summed E-state index contributed by atoms with van der Waals surface area (Å²) in [5, 5.41) is 24.6. The van der Waals surface area contributed by atoms with Crippen LogP contribution in [0.1, 0.15) is 38.9 Å². The predicted octanol–water partition coefficient (Wildman–Crippen LogP) is 2.41. The topological polar surface area (TPSA) is 112 Å². The van der Waals surface area contributed by atoms with Crippen LogP contribution in [0.5, 0.6) is 0 Å². The zero-order chi connectivity index (χ0) is 19.3. The van der Waals surface area contributed by atoms with Gasteiger partial charge in [-0.25, -0.2) is 4.79 Å². The highest BCUT2D eigenvalue weighted by atomic mass is 32.1. The Balaban J connectivity index is 1.86. The van der Waals surface area contributed by atoms with Crippen molar-refractivity contribution in [1.82, 2.24) is 10.3 Å². The molecule has 2 atom stereocenters. The molecule has 0 spiro atoms. The van der Waals surface area contributed by atoms with Crippen molar-refractivity contribution >= 4 is 17.4 Å². The maximum atomic E-state index is 11.6. The lowest BCUT2D eigenvalue weighted by molar-refractivity contribution is 0.0123. The number of H-pyrrole nitrogens is 1. The van der Waals surface area contributed by atoms with Crippen LogP contribution in [0.15, 0.2) is 34.4 Å². The molecule has 1 amide bonds. The second-order valence-corrected chi connectivity index (χ2v) is 7.76. The number of rotatable bonds is 6. The van der Waals surface area contributed by atoms with Crippen molar-refractivity contribution in [3.63, 3.8) is 0 Å². The number of aliphatic hydroxyl groups excluding tert-OH is 2. The van der Waals surface area contributed by atoms with Crippen LogP contribution < -0.4 is 10.2 Å². The molecule has 7 nitrogen and oxygen atoms in total. The number of nitrogens with one attached hydrogen (secondary N) is 2. The van der Waals surface area contributed by atoms with Gasteiger partial charge in [-0.3, -0.25) is 4.79 Å². The number of aliphatic hydroxyl groups is 2. The predicted molar refractivity (Wildman–Crippen MR) is 100 cm³/mol. The maximum absolute atomic E-state index is 11.6. The first-order valence-electron chi connectivity index (χ1n) is 8.27. The van der Waals surface area contributed by atoms with Crippen LogP contribution in [0.25, 0.3) is 11.3 Å². The molecule has 2 unspecified atom stereocenters. The molecule has 4 N–H and O–H groups in total. The first kappa shape index (κ1) is 20.2. The van der Waals surface area contributed by atoms with E-state index in [0.29, 0.717) is 11.3 Å². The lowest BCUT2D eigenvalue weighted by Crippen LogP contribution is -2.34. The minimum atomic E-state index is -1.08. The number of hydrogen-bond acceptors (Lipinski definition) is 6. The van der Waals surface area contributed by atoms with Gasteiger partial charge in [-0.2, -0.15) is 0 Å². The molecule has 1 heterocycles. The van der Waals surface area contributed by atoms with Crippen molar-refractivity contribution in [1.29, 1.82) is 0 Å². The summed E-state index contributed by atoms with van der Waals surface area (Å²) in [6, 6.07) is 6.92. The Morgan fingerprint density at radius 3 is 2.46 bits per heavy atom. The average molecular weight is 380 g/mol. The van der Waals surface area contributed by atoms with Crippen LogP contribution in [0.3, 0.4) is 0 Å². The zero-order valence-electron chi connectivity index (χ0n) is 15.0. The van der Waals surface area contributed by atoms with Gasteiger partial charge in [-0.05, 0) is 38.3 Å². The smallest absolute Gasteiger partial charge is 0.407 e. The Bertz CT molecular complexity index is 776. The number of thiazole rings is 1. The van der Waals surface area contributed by atoms with Gasteiger partial charge in [0.1, 0.15) is 11.7 Å². The molecule has 0 aliphatic heterocycles. The number of ether oxygens (including phenoxy) is 1. The van der Waals surface area contributed by atoms with Crippen molar-refractivity contribution in [2.75, 3.05) is 6.54 Å². The maximum Gasteiger partial charge on any atom is 0.407 e. The lowest BCUT2D eigenvalue weighted by Gasteiger charge is -2.21. The molecular formula is C18H24N2O5S. The lowest BCUT2D eigenvalue weighted by atomic mass is 10.0.